The monoisotopic (exact) mass is 160 g/mol. The Hall–Kier alpha value is -0.900. The molecule has 0 aliphatic rings. The van der Waals surface area contributed by atoms with E-state index < -0.39 is 6.55 Å². The zero-order valence-electron chi connectivity index (χ0n) is 6.17. The van der Waals surface area contributed by atoms with Crippen LogP contribution in [0.25, 0.3) is 0 Å². The van der Waals surface area contributed by atoms with Crippen LogP contribution in [0.5, 0.6) is 0 Å². The number of nitrogens with zero attached hydrogens (tertiary/aromatic N) is 1. The minimum absolute atomic E-state index is 0.348. The molecule has 1 unspecified atom stereocenters. The van der Waals surface area contributed by atoms with Gasteiger partial charge in [-0.15, -0.1) is 0 Å². The molecule has 1 aromatic heterocycles. The lowest BCUT2D eigenvalue weighted by Crippen LogP contribution is -2.12. The first kappa shape index (κ1) is 8.20. The van der Waals surface area contributed by atoms with E-state index in [0.29, 0.717) is 5.69 Å². The van der Waals surface area contributed by atoms with Gasteiger partial charge in [-0.25, -0.2) is 0 Å². The van der Waals surface area contributed by atoms with Gasteiger partial charge < -0.3 is 5.73 Å². The van der Waals surface area contributed by atoms with Crippen molar-refractivity contribution in [2.45, 2.75) is 19.5 Å². The summed E-state index contributed by atoms with van der Waals surface area (Å²) in [5, 5.41) is 0. The third kappa shape index (κ3) is 1.57. The van der Waals surface area contributed by atoms with Gasteiger partial charge in [0.2, 0.25) is 0 Å². The molecule has 0 saturated heterocycles. The smallest absolute Gasteiger partial charge is 0.318 e. The Labute approximate surface area is 63.6 Å². The fraction of sp³-hybridized carbons (Fsp3) is 0.429. The maximum atomic E-state index is 12.1. The molecular formula is C7H10F2N2. The highest BCUT2D eigenvalue weighted by Crippen LogP contribution is 2.18. The van der Waals surface area contributed by atoms with Gasteiger partial charge in [-0.3, -0.25) is 4.57 Å². The molecule has 0 saturated carbocycles. The lowest BCUT2D eigenvalue weighted by atomic mass is 10.2. The first-order valence-electron chi connectivity index (χ1n) is 3.33. The van der Waals surface area contributed by atoms with E-state index in [-0.39, 0.29) is 6.04 Å². The second-order valence-electron chi connectivity index (χ2n) is 2.41. The summed E-state index contributed by atoms with van der Waals surface area (Å²) in [7, 11) is 0. The molecule has 62 valence electrons. The van der Waals surface area contributed by atoms with Crippen LogP contribution in [0.3, 0.4) is 0 Å². The van der Waals surface area contributed by atoms with Gasteiger partial charge in [0.1, 0.15) is 0 Å². The summed E-state index contributed by atoms with van der Waals surface area (Å²) in [5.74, 6) is 0. The van der Waals surface area contributed by atoms with Gasteiger partial charge in [0, 0.05) is 17.9 Å². The predicted molar refractivity (Wildman–Crippen MR) is 38.3 cm³/mol. The zero-order valence-corrected chi connectivity index (χ0v) is 6.17. The standard InChI is InChI=1S/C7H10F2N2/c1-5(10)6-3-2-4-11(6)7(8)9/h2-5,7H,10H2,1H3. The van der Waals surface area contributed by atoms with E-state index in [1.807, 2.05) is 0 Å². The van der Waals surface area contributed by atoms with Crippen molar-refractivity contribution >= 4 is 0 Å². The van der Waals surface area contributed by atoms with E-state index >= 15 is 0 Å². The molecule has 2 N–H and O–H groups in total. The molecule has 1 atom stereocenters. The minimum atomic E-state index is -2.49. The number of alkyl halides is 2. The normalized spacial score (nSPS) is 13.9. The Morgan fingerprint density at radius 3 is 2.55 bits per heavy atom. The van der Waals surface area contributed by atoms with Crippen LogP contribution in [-0.2, 0) is 0 Å². The summed E-state index contributed by atoms with van der Waals surface area (Å²) >= 11 is 0. The minimum Gasteiger partial charge on any atom is -0.323 e. The summed E-state index contributed by atoms with van der Waals surface area (Å²) in [5.41, 5.74) is 5.90. The molecule has 0 spiro atoms. The molecule has 0 aliphatic heterocycles. The van der Waals surface area contributed by atoms with Gasteiger partial charge >= 0.3 is 6.55 Å². The summed E-state index contributed by atoms with van der Waals surface area (Å²) in [6.45, 7) is -0.820. The lowest BCUT2D eigenvalue weighted by molar-refractivity contribution is 0.0668. The molecule has 1 rings (SSSR count). The molecule has 0 radical (unpaired) electrons. The fourth-order valence-electron chi connectivity index (χ4n) is 0.971. The average molecular weight is 160 g/mol. The number of aromatic nitrogens is 1. The summed E-state index contributed by atoms with van der Waals surface area (Å²) < 4.78 is 25.1. The highest BCUT2D eigenvalue weighted by Gasteiger charge is 2.11. The van der Waals surface area contributed by atoms with Crippen molar-refractivity contribution in [3.63, 3.8) is 0 Å². The van der Waals surface area contributed by atoms with Crippen LogP contribution in [0.1, 0.15) is 25.2 Å². The van der Waals surface area contributed by atoms with Gasteiger partial charge in [-0.2, -0.15) is 8.78 Å². The Morgan fingerprint density at radius 1 is 1.55 bits per heavy atom. The Bertz CT molecular complexity index is 208. The molecule has 0 aliphatic carbocycles. The zero-order chi connectivity index (χ0) is 8.43. The Balaban J connectivity index is 2.96. The topological polar surface area (TPSA) is 30.9 Å². The molecule has 0 aromatic carbocycles. The first-order chi connectivity index (χ1) is 5.13. The number of rotatable bonds is 2. The van der Waals surface area contributed by atoms with Crippen LogP contribution in [0.2, 0.25) is 0 Å². The van der Waals surface area contributed by atoms with E-state index in [9.17, 15) is 8.78 Å². The molecule has 1 aromatic rings. The SMILES string of the molecule is CC(N)c1cccn1C(F)F. The number of hydrogen-bond acceptors (Lipinski definition) is 1. The molecule has 0 bridgehead atoms. The Morgan fingerprint density at radius 2 is 2.18 bits per heavy atom. The van der Waals surface area contributed by atoms with E-state index in [2.05, 4.69) is 0 Å². The molecule has 0 amide bonds. The quantitative estimate of drug-likeness (QED) is 0.703. The largest absolute Gasteiger partial charge is 0.323 e. The third-order valence-corrected chi connectivity index (χ3v) is 1.49. The highest BCUT2D eigenvalue weighted by atomic mass is 19.3. The maximum Gasteiger partial charge on any atom is 0.318 e. The number of hydrogen-bond donors (Lipinski definition) is 1. The molecule has 2 nitrogen and oxygen atoms in total. The van der Waals surface area contributed by atoms with E-state index in [4.69, 9.17) is 5.73 Å². The van der Waals surface area contributed by atoms with Gasteiger partial charge in [-0.05, 0) is 19.1 Å². The summed E-state index contributed by atoms with van der Waals surface area (Å²) in [4.78, 5) is 0. The van der Waals surface area contributed by atoms with E-state index in [0.717, 1.165) is 4.57 Å². The van der Waals surface area contributed by atoms with Crippen molar-refractivity contribution in [2.24, 2.45) is 5.73 Å². The highest BCUT2D eigenvalue weighted by molar-refractivity contribution is 5.10. The fourth-order valence-corrected chi connectivity index (χ4v) is 0.971. The van der Waals surface area contributed by atoms with Crippen LogP contribution in [0.15, 0.2) is 18.3 Å². The summed E-state index contributed by atoms with van der Waals surface area (Å²) in [6.07, 6.45) is 1.32. The van der Waals surface area contributed by atoms with Gasteiger partial charge in [-0.1, -0.05) is 0 Å². The third-order valence-electron chi connectivity index (χ3n) is 1.49. The second kappa shape index (κ2) is 3.00. The number of nitrogens with two attached hydrogens (primary N) is 1. The van der Waals surface area contributed by atoms with Crippen LogP contribution < -0.4 is 5.73 Å². The molecular weight excluding hydrogens is 150 g/mol. The van der Waals surface area contributed by atoms with Gasteiger partial charge in [0.25, 0.3) is 0 Å². The maximum absolute atomic E-state index is 12.1. The van der Waals surface area contributed by atoms with E-state index in [1.165, 1.54) is 6.20 Å². The van der Waals surface area contributed by atoms with Gasteiger partial charge in [0.05, 0.1) is 0 Å². The molecule has 11 heavy (non-hydrogen) atoms. The predicted octanol–water partition coefficient (Wildman–Crippen LogP) is 1.90. The van der Waals surface area contributed by atoms with Crippen LogP contribution in [-0.4, -0.2) is 4.57 Å². The number of halogens is 2. The lowest BCUT2D eigenvalue weighted by Gasteiger charge is -2.09. The molecule has 4 heteroatoms. The van der Waals surface area contributed by atoms with Crippen molar-refractivity contribution in [3.8, 4) is 0 Å². The molecule has 0 fully saturated rings. The van der Waals surface area contributed by atoms with Crippen LogP contribution in [0.4, 0.5) is 8.78 Å². The molecule has 1 heterocycles. The Kier molecular flexibility index (Phi) is 2.24. The van der Waals surface area contributed by atoms with E-state index in [1.54, 1.807) is 19.1 Å². The van der Waals surface area contributed by atoms with Crippen molar-refractivity contribution in [1.29, 1.82) is 0 Å². The van der Waals surface area contributed by atoms with Crippen molar-refractivity contribution < 1.29 is 8.78 Å². The second-order valence-corrected chi connectivity index (χ2v) is 2.41. The van der Waals surface area contributed by atoms with Crippen molar-refractivity contribution in [1.82, 2.24) is 4.57 Å². The summed E-state index contributed by atoms with van der Waals surface area (Å²) in [6, 6.07) is 2.81. The van der Waals surface area contributed by atoms with Crippen molar-refractivity contribution in [3.05, 3.63) is 24.0 Å². The van der Waals surface area contributed by atoms with Gasteiger partial charge in [0.15, 0.2) is 0 Å². The average Bonchev–Trinajstić information content (AvgIpc) is 2.32. The van der Waals surface area contributed by atoms with Crippen molar-refractivity contribution in [2.75, 3.05) is 0 Å². The first-order valence-corrected chi connectivity index (χ1v) is 3.33. The van der Waals surface area contributed by atoms with Crippen LogP contribution >= 0.6 is 0 Å². The van der Waals surface area contributed by atoms with Crippen LogP contribution in [0, 0.1) is 0 Å².